The molecule has 1 aromatic heterocycles. The quantitative estimate of drug-likeness (QED) is 0.298. The summed E-state index contributed by atoms with van der Waals surface area (Å²) in [5, 5.41) is 13.6. The number of likely N-dealkylation sites (tertiary alicyclic amines) is 1. The second kappa shape index (κ2) is 13.2. The van der Waals surface area contributed by atoms with E-state index in [4.69, 9.17) is 4.74 Å². The third-order valence-electron chi connectivity index (χ3n) is 10.0. The highest BCUT2D eigenvalue weighted by molar-refractivity contribution is 7.91. The molecule has 15 heteroatoms. The van der Waals surface area contributed by atoms with Gasteiger partial charge in [0.25, 0.3) is 5.91 Å². The first kappa shape index (κ1) is 34.6. The number of aromatic nitrogens is 3. The smallest absolute Gasteiger partial charge is 0.408 e. The third kappa shape index (κ3) is 7.36. The SMILES string of the molecule is C=CC1CC1(NC(=O)C1CC(n2cc(-c3ccccc3)nn2)CN1C(=O)C(NC(=O)OC1CCCC1)C(C)(C)C)C(=O)NS(=O)(=O)C1CC1. The average molecular weight is 696 g/mol. The van der Waals surface area contributed by atoms with Crippen LogP contribution in [0, 0.1) is 11.3 Å². The summed E-state index contributed by atoms with van der Waals surface area (Å²) >= 11 is 0. The molecule has 6 rings (SSSR count). The predicted octanol–water partition coefficient (Wildman–Crippen LogP) is 2.84. The van der Waals surface area contributed by atoms with Gasteiger partial charge < -0.3 is 20.3 Å². The number of hydrogen-bond acceptors (Lipinski definition) is 9. The molecule has 4 amide bonds. The minimum Gasteiger partial charge on any atom is -0.446 e. The molecule has 2 aromatic rings. The van der Waals surface area contributed by atoms with Crippen LogP contribution in [0.2, 0.25) is 0 Å². The zero-order valence-electron chi connectivity index (χ0n) is 28.1. The van der Waals surface area contributed by atoms with Gasteiger partial charge in [-0.25, -0.2) is 17.9 Å². The van der Waals surface area contributed by atoms with E-state index < -0.39 is 74.1 Å². The number of nitrogens with zero attached hydrogens (tertiary/aromatic N) is 4. The van der Waals surface area contributed by atoms with E-state index in [0.717, 1.165) is 31.2 Å². The summed E-state index contributed by atoms with van der Waals surface area (Å²) in [4.78, 5) is 56.5. The largest absolute Gasteiger partial charge is 0.446 e. The van der Waals surface area contributed by atoms with Crippen LogP contribution >= 0.6 is 0 Å². The standard InChI is InChI=1S/C34H45N7O7S/c1-5-22-18-34(22,31(44)38-49(46,47)25-15-16-25)36-29(42)27-17-23(41-20-26(37-39-41)21-11-7-6-8-12-21)19-40(27)30(43)28(33(2,3)4)35-32(45)48-24-13-9-10-14-24/h5-8,11-12,20,22-25,27-28H,1,9-10,13-19H2,2-4H3,(H,35,45)(H,36,42)(H,38,44). The van der Waals surface area contributed by atoms with Crippen LogP contribution in [0.3, 0.4) is 0 Å². The number of carbonyl (C=O) groups is 4. The Balaban J connectivity index is 1.26. The number of alkyl carbamates (subject to hydrolysis) is 1. The molecule has 1 aliphatic heterocycles. The molecular weight excluding hydrogens is 650 g/mol. The molecule has 4 fully saturated rings. The fraction of sp³-hybridized carbons (Fsp3) is 0.588. The van der Waals surface area contributed by atoms with E-state index in [2.05, 4.69) is 32.2 Å². The lowest BCUT2D eigenvalue weighted by molar-refractivity contribution is -0.142. The third-order valence-corrected chi connectivity index (χ3v) is 11.8. The van der Waals surface area contributed by atoms with Crippen molar-refractivity contribution in [3.8, 4) is 11.3 Å². The summed E-state index contributed by atoms with van der Waals surface area (Å²) in [5.41, 5.74) is -0.810. The molecule has 49 heavy (non-hydrogen) atoms. The Morgan fingerprint density at radius 1 is 1.08 bits per heavy atom. The van der Waals surface area contributed by atoms with Crippen LogP contribution in [0.1, 0.15) is 78.2 Å². The van der Waals surface area contributed by atoms with E-state index in [0.29, 0.717) is 18.5 Å². The summed E-state index contributed by atoms with van der Waals surface area (Å²) in [6.07, 6.45) is 7.09. The zero-order valence-corrected chi connectivity index (χ0v) is 28.9. The first-order valence-corrected chi connectivity index (χ1v) is 18.5. The molecule has 3 saturated carbocycles. The second-order valence-electron chi connectivity index (χ2n) is 14.8. The van der Waals surface area contributed by atoms with Crippen molar-refractivity contribution in [2.45, 2.75) is 107 Å². The highest BCUT2D eigenvalue weighted by Crippen LogP contribution is 2.46. The Kier molecular flexibility index (Phi) is 9.33. The van der Waals surface area contributed by atoms with Gasteiger partial charge in [-0.2, -0.15) is 0 Å². The molecule has 5 unspecified atom stereocenters. The maximum Gasteiger partial charge on any atom is 0.408 e. The molecule has 14 nitrogen and oxygen atoms in total. The van der Waals surface area contributed by atoms with Crippen LogP contribution in [0.4, 0.5) is 4.79 Å². The maximum absolute atomic E-state index is 14.4. The van der Waals surface area contributed by atoms with Crippen molar-refractivity contribution in [1.82, 2.24) is 35.2 Å². The van der Waals surface area contributed by atoms with Gasteiger partial charge in [0, 0.05) is 24.4 Å². The van der Waals surface area contributed by atoms with Gasteiger partial charge >= 0.3 is 6.09 Å². The predicted molar refractivity (Wildman–Crippen MR) is 179 cm³/mol. The molecule has 5 atom stereocenters. The maximum atomic E-state index is 14.4. The van der Waals surface area contributed by atoms with Crippen LogP contribution in [0.25, 0.3) is 11.3 Å². The normalized spacial score (nSPS) is 26.1. The number of amides is 4. The molecule has 2 heterocycles. The Bertz CT molecular complexity index is 1710. The minimum absolute atomic E-state index is 0.0700. The Hall–Kier alpha value is -4.27. The van der Waals surface area contributed by atoms with Gasteiger partial charge in [0.15, 0.2) is 0 Å². The highest BCUT2D eigenvalue weighted by atomic mass is 32.2. The molecule has 0 bridgehead atoms. The lowest BCUT2D eigenvalue weighted by atomic mass is 9.85. The Morgan fingerprint density at radius 2 is 1.78 bits per heavy atom. The van der Waals surface area contributed by atoms with Crippen molar-refractivity contribution in [2.24, 2.45) is 11.3 Å². The van der Waals surface area contributed by atoms with Crippen molar-refractivity contribution in [1.29, 1.82) is 0 Å². The van der Waals surface area contributed by atoms with Crippen LogP contribution < -0.4 is 15.4 Å². The summed E-state index contributed by atoms with van der Waals surface area (Å²) < 4.78 is 34.7. The highest BCUT2D eigenvalue weighted by Gasteiger charge is 2.62. The van der Waals surface area contributed by atoms with E-state index >= 15 is 0 Å². The lowest BCUT2D eigenvalue weighted by Crippen LogP contribution is -2.60. The van der Waals surface area contributed by atoms with E-state index in [-0.39, 0.29) is 25.5 Å². The van der Waals surface area contributed by atoms with Gasteiger partial charge in [-0.15, -0.1) is 11.7 Å². The second-order valence-corrected chi connectivity index (χ2v) is 16.7. The van der Waals surface area contributed by atoms with Gasteiger partial charge in [0.05, 0.1) is 17.5 Å². The lowest BCUT2D eigenvalue weighted by Gasteiger charge is -2.35. The Labute approximate surface area is 286 Å². The molecule has 3 N–H and O–H groups in total. The summed E-state index contributed by atoms with van der Waals surface area (Å²) in [6, 6.07) is 6.88. The number of rotatable bonds is 11. The average Bonchev–Trinajstić information content (AvgIpc) is 3.82. The number of ether oxygens (including phenoxy) is 1. The molecule has 4 aliphatic rings. The van der Waals surface area contributed by atoms with Crippen molar-refractivity contribution in [3.63, 3.8) is 0 Å². The minimum atomic E-state index is -3.87. The molecular formula is C34H45N7O7S. The fourth-order valence-electron chi connectivity index (χ4n) is 6.84. The summed E-state index contributed by atoms with van der Waals surface area (Å²) in [7, 11) is -3.87. The van der Waals surface area contributed by atoms with Gasteiger partial charge in [-0.05, 0) is 50.4 Å². The Morgan fingerprint density at radius 3 is 2.39 bits per heavy atom. The van der Waals surface area contributed by atoms with Crippen LogP contribution in [-0.4, -0.2) is 87.6 Å². The summed E-state index contributed by atoms with van der Waals surface area (Å²) in [6.45, 7) is 9.29. The monoisotopic (exact) mass is 695 g/mol. The van der Waals surface area contributed by atoms with Gasteiger partial charge in [0.2, 0.25) is 21.8 Å². The molecule has 3 aliphatic carbocycles. The van der Waals surface area contributed by atoms with E-state index in [1.54, 1.807) is 10.9 Å². The van der Waals surface area contributed by atoms with Crippen LogP contribution in [0.15, 0.2) is 49.2 Å². The fourth-order valence-corrected chi connectivity index (χ4v) is 8.20. The zero-order chi connectivity index (χ0) is 35.1. The van der Waals surface area contributed by atoms with Crippen molar-refractivity contribution >= 4 is 33.8 Å². The first-order valence-electron chi connectivity index (χ1n) is 17.0. The topological polar surface area (TPSA) is 182 Å². The molecule has 0 spiro atoms. The number of carbonyl (C=O) groups excluding carboxylic acids is 4. The van der Waals surface area contributed by atoms with Gasteiger partial charge in [-0.1, -0.05) is 62.4 Å². The molecule has 1 aromatic carbocycles. The molecule has 1 saturated heterocycles. The number of sulfonamides is 1. The molecule has 264 valence electrons. The van der Waals surface area contributed by atoms with E-state index in [1.807, 2.05) is 51.1 Å². The van der Waals surface area contributed by atoms with E-state index in [1.165, 1.54) is 11.0 Å². The number of benzene rings is 1. The van der Waals surface area contributed by atoms with Crippen molar-refractivity contribution < 1.29 is 32.3 Å². The van der Waals surface area contributed by atoms with Gasteiger partial charge in [-0.3, -0.25) is 19.1 Å². The number of hydrogen-bond donors (Lipinski definition) is 3. The van der Waals surface area contributed by atoms with Crippen molar-refractivity contribution in [2.75, 3.05) is 6.54 Å². The van der Waals surface area contributed by atoms with Gasteiger partial charge in [0.1, 0.15) is 29.4 Å². The van der Waals surface area contributed by atoms with Crippen LogP contribution in [-0.2, 0) is 29.1 Å². The number of nitrogens with one attached hydrogen (secondary N) is 3. The molecule has 0 radical (unpaired) electrons. The van der Waals surface area contributed by atoms with E-state index in [9.17, 15) is 27.6 Å². The summed E-state index contributed by atoms with van der Waals surface area (Å²) in [5.74, 6) is -2.43. The van der Waals surface area contributed by atoms with Crippen molar-refractivity contribution in [3.05, 3.63) is 49.2 Å². The van der Waals surface area contributed by atoms with Crippen LogP contribution in [0.5, 0.6) is 0 Å². The first-order chi connectivity index (χ1) is 23.2.